The van der Waals surface area contributed by atoms with Crippen LogP contribution in [-0.4, -0.2) is 8.07 Å². The molecule has 0 unspecified atom stereocenters. The van der Waals surface area contributed by atoms with Crippen molar-refractivity contribution in [3.05, 3.63) is 60.7 Å². The van der Waals surface area contributed by atoms with Crippen LogP contribution in [0.3, 0.4) is 0 Å². The van der Waals surface area contributed by atoms with Crippen LogP contribution in [-0.2, 0) is 4.57 Å². The molecule has 0 heterocycles. The van der Waals surface area contributed by atoms with Gasteiger partial charge in [0, 0.05) is 10.6 Å². The average molecular weight is 383 g/mol. The van der Waals surface area contributed by atoms with E-state index in [1.807, 2.05) is 60.7 Å². The second-order valence-corrected chi connectivity index (χ2v) is 16.0. The number of hydrogen-bond donors (Lipinski definition) is 0. The summed E-state index contributed by atoms with van der Waals surface area (Å²) in [6.07, 6.45) is 0. The van der Waals surface area contributed by atoms with Crippen LogP contribution in [0.15, 0.2) is 60.7 Å². The van der Waals surface area contributed by atoms with Gasteiger partial charge >= 0.3 is 0 Å². The van der Waals surface area contributed by atoms with Gasteiger partial charge in [0.15, 0.2) is 0 Å². The van der Waals surface area contributed by atoms with Gasteiger partial charge in [0.05, 0.1) is 0 Å². The van der Waals surface area contributed by atoms with Crippen molar-refractivity contribution in [3.8, 4) is 11.2 Å². The molecule has 138 valence electrons. The highest BCUT2D eigenvalue weighted by Crippen LogP contribution is 2.45. The van der Waals surface area contributed by atoms with E-state index in [0.717, 1.165) is 10.6 Å². The lowest BCUT2D eigenvalue weighted by atomic mass is 10.4. The van der Waals surface area contributed by atoms with Gasteiger partial charge in [0.2, 0.25) is 7.14 Å². The highest BCUT2D eigenvalue weighted by Gasteiger charge is 2.42. The van der Waals surface area contributed by atoms with Gasteiger partial charge in [-0.05, 0) is 22.3 Å². The van der Waals surface area contributed by atoms with Crippen LogP contribution in [0.5, 0.6) is 0 Å². The first kappa shape index (κ1) is 20.8. The molecule has 2 aromatic rings. The molecule has 26 heavy (non-hydrogen) atoms. The first-order valence-electron chi connectivity index (χ1n) is 9.50. The van der Waals surface area contributed by atoms with Gasteiger partial charge in [-0.15, -0.1) is 5.54 Å². The fourth-order valence-electron chi connectivity index (χ4n) is 4.16. The van der Waals surface area contributed by atoms with E-state index in [2.05, 4.69) is 52.7 Å². The van der Waals surface area contributed by atoms with Gasteiger partial charge in [0.25, 0.3) is 0 Å². The van der Waals surface area contributed by atoms with Crippen LogP contribution in [0.1, 0.15) is 41.5 Å². The van der Waals surface area contributed by atoms with Gasteiger partial charge < -0.3 is 0 Å². The Morgan fingerprint density at radius 3 is 1.35 bits per heavy atom. The molecule has 0 bridgehead atoms. The van der Waals surface area contributed by atoms with E-state index in [4.69, 9.17) is 0 Å². The first-order valence-corrected chi connectivity index (χ1v) is 13.4. The molecule has 0 N–H and O–H groups in total. The minimum absolute atomic E-state index is 0.523. The van der Waals surface area contributed by atoms with Crippen molar-refractivity contribution < 1.29 is 4.57 Å². The summed E-state index contributed by atoms with van der Waals surface area (Å²) in [6, 6.07) is 19.5. The molecule has 2 aromatic carbocycles. The first-order chi connectivity index (χ1) is 12.2. The Balaban J connectivity index is 2.71. The van der Waals surface area contributed by atoms with Gasteiger partial charge in [-0.3, -0.25) is 4.57 Å². The van der Waals surface area contributed by atoms with E-state index in [1.54, 1.807) is 0 Å². The maximum absolute atomic E-state index is 14.2. The van der Waals surface area contributed by atoms with Crippen molar-refractivity contribution >= 4 is 25.8 Å². The van der Waals surface area contributed by atoms with Crippen molar-refractivity contribution in [3.63, 3.8) is 0 Å². The molecule has 0 spiro atoms. The molecule has 1 nitrogen and oxygen atoms in total. The van der Waals surface area contributed by atoms with Gasteiger partial charge in [-0.1, -0.05) is 102 Å². The molecule has 2 rings (SSSR count). The highest BCUT2D eigenvalue weighted by atomic mass is 31.2. The van der Waals surface area contributed by atoms with Crippen molar-refractivity contribution in [2.45, 2.75) is 58.2 Å². The molecule has 0 fully saturated rings. The Morgan fingerprint density at radius 2 is 1.04 bits per heavy atom. The van der Waals surface area contributed by atoms with Crippen LogP contribution >= 0.6 is 7.14 Å². The Labute approximate surface area is 160 Å². The molecule has 3 heteroatoms. The zero-order chi connectivity index (χ0) is 19.4. The summed E-state index contributed by atoms with van der Waals surface area (Å²) in [5, 5.41) is 1.66. The second kappa shape index (κ2) is 8.42. The zero-order valence-corrected chi connectivity index (χ0v) is 18.8. The van der Waals surface area contributed by atoms with E-state index < -0.39 is 15.2 Å². The Bertz CT molecular complexity index is 748. The van der Waals surface area contributed by atoms with Crippen LogP contribution in [0.4, 0.5) is 0 Å². The van der Waals surface area contributed by atoms with E-state index in [1.165, 1.54) is 0 Å². The Kier molecular flexibility index (Phi) is 6.73. The van der Waals surface area contributed by atoms with Crippen molar-refractivity contribution in [1.29, 1.82) is 0 Å². The molecule has 0 aromatic heterocycles. The topological polar surface area (TPSA) is 17.1 Å². The molecule has 0 saturated carbocycles. The monoisotopic (exact) mass is 382 g/mol. The lowest BCUT2D eigenvalue weighted by Crippen LogP contribution is -2.43. The van der Waals surface area contributed by atoms with Crippen molar-refractivity contribution in [2.75, 3.05) is 0 Å². The smallest absolute Gasteiger partial charge is 0.210 e. The molecule has 0 aliphatic rings. The third-order valence-corrected chi connectivity index (χ3v) is 14.5. The zero-order valence-electron chi connectivity index (χ0n) is 16.9. The van der Waals surface area contributed by atoms with Crippen LogP contribution in [0, 0.1) is 11.2 Å². The lowest BCUT2D eigenvalue weighted by molar-refractivity contribution is 0.593. The number of hydrogen-bond acceptors (Lipinski definition) is 1. The standard InChI is InChI=1S/C23H31OPSi/c1-19(2)26(20(3)4,21(5)6)18-17-25(24,22-13-9-7-10-14-22)23-15-11-8-12-16-23/h7-16,19-21H,1-6H3. The fourth-order valence-corrected chi connectivity index (χ4v) is 12.2. The quantitative estimate of drug-likeness (QED) is 0.343. The van der Waals surface area contributed by atoms with E-state index in [0.29, 0.717) is 16.6 Å². The van der Waals surface area contributed by atoms with Crippen LogP contribution in [0.2, 0.25) is 16.6 Å². The van der Waals surface area contributed by atoms with E-state index in [9.17, 15) is 4.57 Å². The van der Waals surface area contributed by atoms with Crippen molar-refractivity contribution in [1.82, 2.24) is 0 Å². The summed E-state index contributed by atoms with van der Waals surface area (Å²) in [4.78, 5) is 0. The Hall–Kier alpha value is -1.55. The molecule has 0 aliphatic carbocycles. The van der Waals surface area contributed by atoms with Gasteiger partial charge in [0.1, 0.15) is 8.07 Å². The third kappa shape index (κ3) is 3.90. The molecule has 0 amide bonds. The summed E-state index contributed by atoms with van der Waals surface area (Å²) in [7, 11) is -4.90. The molecular formula is C23H31OPSi. The van der Waals surface area contributed by atoms with Gasteiger partial charge in [-0.25, -0.2) is 0 Å². The lowest BCUT2D eigenvalue weighted by Gasteiger charge is -2.38. The average Bonchev–Trinajstić information content (AvgIpc) is 2.62. The summed E-state index contributed by atoms with van der Waals surface area (Å²) < 4.78 is 14.2. The highest BCUT2D eigenvalue weighted by molar-refractivity contribution is 7.83. The van der Waals surface area contributed by atoms with Gasteiger partial charge in [-0.2, -0.15) is 0 Å². The third-order valence-electron chi connectivity index (χ3n) is 5.54. The maximum Gasteiger partial charge on any atom is 0.210 e. The molecular weight excluding hydrogens is 351 g/mol. The predicted molar refractivity (Wildman–Crippen MR) is 119 cm³/mol. The van der Waals surface area contributed by atoms with E-state index >= 15 is 0 Å². The minimum atomic E-state index is -2.97. The SMILES string of the molecule is CC(C)[Si](C#CP(=O)(c1ccccc1)c1ccccc1)(C(C)C)C(C)C. The predicted octanol–water partition coefficient (Wildman–Crippen LogP) is 6.18. The summed E-state index contributed by atoms with van der Waals surface area (Å²) in [5.41, 5.74) is 8.65. The number of benzene rings is 2. The minimum Gasteiger partial charge on any atom is -0.300 e. The van der Waals surface area contributed by atoms with Crippen LogP contribution < -0.4 is 10.6 Å². The summed E-state index contributed by atoms with van der Waals surface area (Å²) in [6.45, 7) is 13.7. The maximum atomic E-state index is 14.2. The van der Waals surface area contributed by atoms with E-state index in [-0.39, 0.29) is 0 Å². The molecule has 0 atom stereocenters. The summed E-state index contributed by atoms with van der Waals surface area (Å²) in [5.74, 6) is 0. The van der Waals surface area contributed by atoms with Crippen LogP contribution in [0.25, 0.3) is 0 Å². The fraction of sp³-hybridized carbons (Fsp3) is 0.391. The molecule has 0 radical (unpaired) electrons. The Morgan fingerprint density at radius 1 is 0.692 bits per heavy atom. The number of rotatable bonds is 5. The normalized spacial score (nSPS) is 12.3. The molecule has 0 aliphatic heterocycles. The van der Waals surface area contributed by atoms with Crippen molar-refractivity contribution in [2.24, 2.45) is 0 Å². The largest absolute Gasteiger partial charge is 0.300 e. The summed E-state index contributed by atoms with van der Waals surface area (Å²) >= 11 is 0. The second-order valence-electron chi connectivity index (χ2n) is 7.91. The molecule has 0 saturated heterocycles.